The summed E-state index contributed by atoms with van der Waals surface area (Å²) >= 11 is 0. The minimum Gasteiger partial charge on any atom is -0.386 e. The number of ether oxygens (including phenoxy) is 2. The maximum Gasteiger partial charge on any atom is 0.163 e. The van der Waals surface area contributed by atoms with E-state index in [4.69, 9.17) is 9.47 Å². The van der Waals surface area contributed by atoms with Crippen molar-refractivity contribution in [2.45, 2.75) is 51.5 Å². The van der Waals surface area contributed by atoms with Gasteiger partial charge in [-0.05, 0) is 13.8 Å². The van der Waals surface area contributed by atoms with Crippen LogP contribution in [0.3, 0.4) is 0 Å². The first-order chi connectivity index (χ1) is 6.63. The van der Waals surface area contributed by atoms with Crippen LogP contribution in [0.4, 0.5) is 0 Å². The summed E-state index contributed by atoms with van der Waals surface area (Å²) in [5.41, 5.74) is 0. The molecule has 4 heteroatoms. The van der Waals surface area contributed by atoms with Gasteiger partial charge in [-0.15, -0.1) is 6.58 Å². The van der Waals surface area contributed by atoms with Gasteiger partial charge in [0.2, 0.25) is 0 Å². The Labute approximate surface area is 93.1 Å². The van der Waals surface area contributed by atoms with Crippen molar-refractivity contribution in [1.29, 1.82) is 0 Å². The van der Waals surface area contributed by atoms with Gasteiger partial charge in [0, 0.05) is 0 Å². The highest BCUT2D eigenvalue weighted by Crippen LogP contribution is 2.28. The first-order valence-electron chi connectivity index (χ1n) is 5.32. The summed E-state index contributed by atoms with van der Waals surface area (Å²) in [5, 5.41) is 11.0. The van der Waals surface area contributed by atoms with Gasteiger partial charge in [-0.25, -0.2) is 0 Å². The van der Waals surface area contributed by atoms with E-state index in [2.05, 4.69) is 26.2 Å². The van der Waals surface area contributed by atoms with Gasteiger partial charge < -0.3 is 14.6 Å². The van der Waals surface area contributed by atoms with E-state index in [0.29, 0.717) is 6.61 Å². The number of aliphatic hydroxyl groups excluding tert-OH is 1. The van der Waals surface area contributed by atoms with Crippen molar-refractivity contribution in [2.75, 3.05) is 6.61 Å². The molecule has 0 bridgehead atoms. The van der Waals surface area contributed by atoms with Gasteiger partial charge in [-0.2, -0.15) is 0 Å². The van der Waals surface area contributed by atoms with Gasteiger partial charge >= 0.3 is 0 Å². The molecule has 1 aliphatic rings. The maximum atomic E-state index is 10.1. The van der Waals surface area contributed by atoms with Crippen LogP contribution in [0, 0.1) is 0 Å². The zero-order valence-electron chi connectivity index (χ0n) is 10.3. The molecule has 0 saturated carbocycles. The van der Waals surface area contributed by atoms with Crippen LogP contribution in [0.5, 0.6) is 0 Å². The minimum absolute atomic E-state index is 0.265. The molecule has 1 saturated heterocycles. The molecule has 2 unspecified atom stereocenters. The van der Waals surface area contributed by atoms with Crippen LogP contribution < -0.4 is 0 Å². The SMILES string of the molecule is C=C(C(O)C1COC(C)(C)O1)[Si](C)(C)C. The Hall–Kier alpha value is -0.163. The second-order valence-corrected chi connectivity index (χ2v) is 10.7. The lowest BCUT2D eigenvalue weighted by atomic mass is 10.2. The molecular weight excluding hydrogens is 208 g/mol. The second-order valence-electron chi connectivity index (χ2n) is 5.59. The highest BCUT2D eigenvalue weighted by Gasteiger charge is 2.39. The standard InChI is InChI=1S/C11H22O3Si/c1-8(15(4,5)6)10(12)9-7-13-11(2,3)14-9/h9-10,12H,1,7H2,2-6H3. The quantitative estimate of drug-likeness (QED) is 0.753. The van der Waals surface area contributed by atoms with Gasteiger partial charge in [0.05, 0.1) is 20.8 Å². The van der Waals surface area contributed by atoms with E-state index >= 15 is 0 Å². The molecule has 1 rings (SSSR count). The Morgan fingerprint density at radius 1 is 1.47 bits per heavy atom. The van der Waals surface area contributed by atoms with Crippen LogP contribution in [0.1, 0.15) is 13.8 Å². The predicted octanol–water partition coefficient (Wildman–Crippen LogP) is 1.93. The van der Waals surface area contributed by atoms with Crippen molar-refractivity contribution >= 4 is 8.07 Å². The molecule has 0 aromatic rings. The van der Waals surface area contributed by atoms with Crippen molar-refractivity contribution in [3.63, 3.8) is 0 Å². The highest BCUT2D eigenvalue weighted by atomic mass is 28.3. The highest BCUT2D eigenvalue weighted by molar-refractivity contribution is 6.83. The number of hydrogen-bond donors (Lipinski definition) is 1. The van der Waals surface area contributed by atoms with Gasteiger partial charge in [0.25, 0.3) is 0 Å². The summed E-state index contributed by atoms with van der Waals surface area (Å²) in [5.74, 6) is -0.578. The molecule has 1 fully saturated rings. The van der Waals surface area contributed by atoms with Crippen molar-refractivity contribution in [1.82, 2.24) is 0 Å². The summed E-state index contributed by atoms with van der Waals surface area (Å²) in [4.78, 5) is 0. The van der Waals surface area contributed by atoms with Crippen molar-refractivity contribution in [2.24, 2.45) is 0 Å². The molecule has 0 aromatic carbocycles. The molecule has 1 N–H and O–H groups in total. The van der Waals surface area contributed by atoms with Crippen molar-refractivity contribution in [3.8, 4) is 0 Å². The van der Waals surface area contributed by atoms with Crippen LogP contribution >= 0.6 is 0 Å². The number of aliphatic hydroxyl groups is 1. The van der Waals surface area contributed by atoms with Crippen LogP contribution in [0.2, 0.25) is 19.6 Å². The van der Waals surface area contributed by atoms with Crippen LogP contribution in [0.25, 0.3) is 0 Å². The van der Waals surface area contributed by atoms with Gasteiger partial charge in [-0.1, -0.05) is 24.8 Å². The zero-order valence-corrected chi connectivity index (χ0v) is 11.3. The largest absolute Gasteiger partial charge is 0.386 e. The fraction of sp³-hybridized carbons (Fsp3) is 0.818. The fourth-order valence-corrected chi connectivity index (χ4v) is 2.61. The molecule has 0 aromatic heterocycles. The van der Waals surface area contributed by atoms with Crippen LogP contribution in [-0.4, -0.2) is 37.8 Å². The molecule has 2 atom stereocenters. The summed E-state index contributed by atoms with van der Waals surface area (Å²) < 4.78 is 11.0. The zero-order chi connectivity index (χ0) is 11.9. The van der Waals surface area contributed by atoms with E-state index in [9.17, 15) is 5.11 Å². The first kappa shape index (κ1) is 12.9. The van der Waals surface area contributed by atoms with E-state index in [1.54, 1.807) is 0 Å². The Bertz CT molecular complexity index is 255. The first-order valence-corrected chi connectivity index (χ1v) is 8.82. The smallest absolute Gasteiger partial charge is 0.163 e. The van der Waals surface area contributed by atoms with Crippen molar-refractivity contribution < 1.29 is 14.6 Å². The third kappa shape index (κ3) is 3.14. The van der Waals surface area contributed by atoms with Crippen LogP contribution in [-0.2, 0) is 9.47 Å². The maximum absolute atomic E-state index is 10.1. The van der Waals surface area contributed by atoms with Gasteiger partial charge in [-0.3, -0.25) is 0 Å². The Balaban J connectivity index is 2.63. The summed E-state index contributed by atoms with van der Waals surface area (Å²) in [7, 11) is -1.52. The van der Waals surface area contributed by atoms with Gasteiger partial charge in [0.1, 0.15) is 6.10 Å². The van der Waals surface area contributed by atoms with E-state index in [-0.39, 0.29) is 6.10 Å². The Kier molecular flexibility index (Phi) is 3.45. The lowest BCUT2D eigenvalue weighted by molar-refractivity contribution is -0.147. The van der Waals surface area contributed by atoms with Crippen molar-refractivity contribution in [3.05, 3.63) is 11.8 Å². The monoisotopic (exact) mass is 230 g/mol. The molecule has 1 heterocycles. The molecule has 15 heavy (non-hydrogen) atoms. The predicted molar refractivity (Wildman–Crippen MR) is 63.4 cm³/mol. The van der Waals surface area contributed by atoms with E-state index in [1.807, 2.05) is 13.8 Å². The summed E-state index contributed by atoms with van der Waals surface area (Å²) in [6.07, 6.45) is -0.863. The summed E-state index contributed by atoms with van der Waals surface area (Å²) in [6.45, 7) is 14.7. The van der Waals surface area contributed by atoms with Crippen LogP contribution in [0.15, 0.2) is 11.8 Å². The minimum atomic E-state index is -1.52. The molecule has 0 spiro atoms. The molecule has 88 valence electrons. The topological polar surface area (TPSA) is 38.7 Å². The van der Waals surface area contributed by atoms with E-state index < -0.39 is 20.0 Å². The molecule has 0 amide bonds. The number of hydrogen-bond acceptors (Lipinski definition) is 3. The fourth-order valence-electron chi connectivity index (χ4n) is 1.54. The Morgan fingerprint density at radius 3 is 2.33 bits per heavy atom. The molecule has 0 aliphatic carbocycles. The lowest BCUT2D eigenvalue weighted by Gasteiger charge is -2.28. The average molecular weight is 230 g/mol. The lowest BCUT2D eigenvalue weighted by Crippen LogP contribution is -2.40. The summed E-state index contributed by atoms with van der Waals surface area (Å²) in [6, 6.07) is 0. The third-order valence-corrected chi connectivity index (χ3v) is 4.93. The Morgan fingerprint density at radius 2 is 2.00 bits per heavy atom. The third-order valence-electron chi connectivity index (χ3n) is 2.70. The van der Waals surface area contributed by atoms with E-state index in [0.717, 1.165) is 5.20 Å². The van der Waals surface area contributed by atoms with Gasteiger partial charge in [0.15, 0.2) is 5.79 Å². The molecule has 0 radical (unpaired) electrons. The second kappa shape index (κ2) is 4.01. The van der Waals surface area contributed by atoms with E-state index in [1.165, 1.54) is 0 Å². The molecular formula is C11H22O3Si. The molecule has 1 aliphatic heterocycles. The average Bonchev–Trinajstić information content (AvgIpc) is 2.42. The number of rotatable bonds is 3. The molecule has 3 nitrogen and oxygen atoms in total. The normalized spacial score (nSPS) is 27.7.